The highest BCUT2D eigenvalue weighted by molar-refractivity contribution is 4.94. The van der Waals surface area contributed by atoms with Crippen LogP contribution < -0.4 is 5.32 Å². The van der Waals surface area contributed by atoms with Crippen molar-refractivity contribution in [2.45, 2.75) is 69.9 Å². The molecule has 116 valence electrons. The molecular formula is C17H31NO2. The van der Waals surface area contributed by atoms with Crippen LogP contribution in [0, 0.1) is 11.8 Å². The summed E-state index contributed by atoms with van der Waals surface area (Å²) in [5, 5.41) is 3.77. The smallest absolute Gasteiger partial charge is 0.0685 e. The van der Waals surface area contributed by atoms with Gasteiger partial charge in [0, 0.05) is 25.9 Å². The number of hydrogen-bond acceptors (Lipinski definition) is 3. The van der Waals surface area contributed by atoms with E-state index < -0.39 is 0 Å². The summed E-state index contributed by atoms with van der Waals surface area (Å²) in [6.07, 6.45) is 10.4. The first-order valence-electron chi connectivity index (χ1n) is 8.76. The van der Waals surface area contributed by atoms with Crippen molar-refractivity contribution >= 4 is 0 Å². The lowest BCUT2D eigenvalue weighted by atomic mass is 9.78. The molecule has 3 aliphatic rings. The third-order valence-electron chi connectivity index (χ3n) is 5.69. The molecule has 1 spiro atoms. The second-order valence-corrected chi connectivity index (χ2v) is 7.12. The topological polar surface area (TPSA) is 30.5 Å². The molecule has 0 amide bonds. The summed E-state index contributed by atoms with van der Waals surface area (Å²) < 4.78 is 11.8. The van der Waals surface area contributed by atoms with Crippen molar-refractivity contribution in [3.05, 3.63) is 0 Å². The monoisotopic (exact) mass is 281 g/mol. The zero-order valence-corrected chi connectivity index (χ0v) is 13.0. The first kappa shape index (κ1) is 14.8. The molecular weight excluding hydrogens is 250 g/mol. The molecule has 3 rings (SSSR count). The maximum absolute atomic E-state index is 6.20. The van der Waals surface area contributed by atoms with Gasteiger partial charge in [-0.1, -0.05) is 19.8 Å². The van der Waals surface area contributed by atoms with Crippen LogP contribution in [0.15, 0.2) is 0 Å². The Bertz CT molecular complexity index is 293. The van der Waals surface area contributed by atoms with Gasteiger partial charge < -0.3 is 14.8 Å². The number of hydrogen-bond donors (Lipinski definition) is 1. The minimum absolute atomic E-state index is 0.253. The Morgan fingerprint density at radius 3 is 2.75 bits per heavy atom. The molecule has 0 aromatic heterocycles. The second-order valence-electron chi connectivity index (χ2n) is 7.12. The summed E-state index contributed by atoms with van der Waals surface area (Å²) in [5.41, 5.74) is 0.253. The molecule has 3 heteroatoms. The lowest BCUT2D eigenvalue weighted by Crippen LogP contribution is -2.46. The molecule has 3 nitrogen and oxygen atoms in total. The molecule has 3 atom stereocenters. The fourth-order valence-electron chi connectivity index (χ4n) is 4.61. The maximum atomic E-state index is 6.20. The molecule has 20 heavy (non-hydrogen) atoms. The third-order valence-corrected chi connectivity index (χ3v) is 5.69. The molecule has 3 fully saturated rings. The van der Waals surface area contributed by atoms with Crippen LogP contribution in [-0.4, -0.2) is 38.0 Å². The van der Waals surface area contributed by atoms with E-state index in [0.29, 0.717) is 6.04 Å². The summed E-state index contributed by atoms with van der Waals surface area (Å²) in [7, 11) is 0. The molecule has 1 aliphatic carbocycles. The zero-order valence-electron chi connectivity index (χ0n) is 13.0. The van der Waals surface area contributed by atoms with Crippen LogP contribution >= 0.6 is 0 Å². The lowest BCUT2D eigenvalue weighted by molar-refractivity contribution is -0.0988. The molecule has 1 N–H and O–H groups in total. The molecule has 2 saturated heterocycles. The molecule has 0 bridgehead atoms. The van der Waals surface area contributed by atoms with E-state index in [2.05, 4.69) is 12.2 Å². The minimum Gasteiger partial charge on any atom is -0.381 e. The van der Waals surface area contributed by atoms with Crippen molar-refractivity contribution in [2.24, 2.45) is 11.8 Å². The molecule has 0 aromatic carbocycles. The van der Waals surface area contributed by atoms with Crippen LogP contribution in [-0.2, 0) is 9.47 Å². The first-order chi connectivity index (χ1) is 9.81. The maximum Gasteiger partial charge on any atom is 0.0685 e. The van der Waals surface area contributed by atoms with Gasteiger partial charge in [-0.05, 0) is 56.9 Å². The first-order valence-corrected chi connectivity index (χ1v) is 8.76. The SMILES string of the molecule is CCNC(CC1CCOC1)C1CCOC2(CCCC2)C1. The number of rotatable bonds is 5. The van der Waals surface area contributed by atoms with E-state index in [1.807, 2.05) is 0 Å². The molecule has 3 unspecified atom stereocenters. The highest BCUT2D eigenvalue weighted by atomic mass is 16.5. The van der Waals surface area contributed by atoms with Crippen molar-refractivity contribution in [2.75, 3.05) is 26.4 Å². The summed E-state index contributed by atoms with van der Waals surface area (Å²) in [6, 6.07) is 0.674. The quantitative estimate of drug-likeness (QED) is 0.840. The largest absolute Gasteiger partial charge is 0.381 e. The molecule has 0 aromatic rings. The lowest BCUT2D eigenvalue weighted by Gasteiger charge is -2.42. The normalized spacial score (nSPS) is 34.6. The molecule has 0 radical (unpaired) electrons. The van der Waals surface area contributed by atoms with Crippen molar-refractivity contribution in [1.29, 1.82) is 0 Å². The molecule has 1 saturated carbocycles. The number of ether oxygens (including phenoxy) is 2. The van der Waals surface area contributed by atoms with Crippen molar-refractivity contribution in [1.82, 2.24) is 5.32 Å². The van der Waals surface area contributed by atoms with Crippen LogP contribution in [0.5, 0.6) is 0 Å². The van der Waals surface area contributed by atoms with E-state index in [1.54, 1.807) is 0 Å². The van der Waals surface area contributed by atoms with Crippen LogP contribution in [0.25, 0.3) is 0 Å². The van der Waals surface area contributed by atoms with Gasteiger partial charge in [0.05, 0.1) is 5.60 Å². The van der Waals surface area contributed by atoms with Crippen molar-refractivity contribution in [3.63, 3.8) is 0 Å². The molecule has 2 heterocycles. The van der Waals surface area contributed by atoms with Gasteiger partial charge in [-0.25, -0.2) is 0 Å². The van der Waals surface area contributed by atoms with Gasteiger partial charge in [0.1, 0.15) is 0 Å². The van der Waals surface area contributed by atoms with Gasteiger partial charge in [0.2, 0.25) is 0 Å². The Hall–Kier alpha value is -0.120. The number of nitrogens with one attached hydrogen (secondary N) is 1. The Kier molecular flexibility index (Phi) is 5.00. The average Bonchev–Trinajstić information content (AvgIpc) is 3.11. The fourth-order valence-corrected chi connectivity index (χ4v) is 4.61. The summed E-state index contributed by atoms with van der Waals surface area (Å²) in [5.74, 6) is 1.59. The second kappa shape index (κ2) is 6.76. The van der Waals surface area contributed by atoms with E-state index in [-0.39, 0.29) is 5.60 Å². The average molecular weight is 281 g/mol. The standard InChI is InChI=1S/C17H31NO2/c1-2-18-16(11-14-5-9-19-13-14)15-6-10-20-17(12-15)7-3-4-8-17/h14-16,18H,2-13H2,1H3. The van der Waals surface area contributed by atoms with Crippen LogP contribution in [0.3, 0.4) is 0 Å². The third kappa shape index (κ3) is 3.37. The summed E-state index contributed by atoms with van der Waals surface area (Å²) in [6.45, 7) is 6.26. The Balaban J connectivity index is 1.60. The summed E-state index contributed by atoms with van der Waals surface area (Å²) in [4.78, 5) is 0. The highest BCUT2D eigenvalue weighted by Gasteiger charge is 2.42. The van der Waals surface area contributed by atoms with E-state index in [1.165, 1.54) is 51.4 Å². The Morgan fingerprint density at radius 2 is 2.05 bits per heavy atom. The van der Waals surface area contributed by atoms with Crippen molar-refractivity contribution in [3.8, 4) is 0 Å². The minimum atomic E-state index is 0.253. The molecule has 2 aliphatic heterocycles. The van der Waals surface area contributed by atoms with Gasteiger partial charge in [-0.15, -0.1) is 0 Å². The van der Waals surface area contributed by atoms with Gasteiger partial charge in [0.15, 0.2) is 0 Å². The van der Waals surface area contributed by atoms with E-state index >= 15 is 0 Å². The van der Waals surface area contributed by atoms with E-state index in [0.717, 1.165) is 38.2 Å². The van der Waals surface area contributed by atoms with Crippen LogP contribution in [0.1, 0.15) is 58.3 Å². The van der Waals surface area contributed by atoms with Crippen LogP contribution in [0.4, 0.5) is 0 Å². The fraction of sp³-hybridized carbons (Fsp3) is 1.00. The predicted octanol–water partition coefficient (Wildman–Crippen LogP) is 3.13. The van der Waals surface area contributed by atoms with Gasteiger partial charge >= 0.3 is 0 Å². The predicted molar refractivity (Wildman–Crippen MR) is 80.9 cm³/mol. The highest BCUT2D eigenvalue weighted by Crippen LogP contribution is 2.43. The van der Waals surface area contributed by atoms with Gasteiger partial charge in [-0.3, -0.25) is 0 Å². The van der Waals surface area contributed by atoms with Gasteiger partial charge in [0.25, 0.3) is 0 Å². The van der Waals surface area contributed by atoms with Crippen LogP contribution in [0.2, 0.25) is 0 Å². The van der Waals surface area contributed by atoms with E-state index in [4.69, 9.17) is 9.47 Å². The zero-order chi connectivity index (χ0) is 13.8. The van der Waals surface area contributed by atoms with Gasteiger partial charge in [-0.2, -0.15) is 0 Å². The Morgan fingerprint density at radius 1 is 1.20 bits per heavy atom. The summed E-state index contributed by atoms with van der Waals surface area (Å²) >= 11 is 0. The van der Waals surface area contributed by atoms with E-state index in [9.17, 15) is 0 Å². The Labute approximate surface area is 123 Å². The van der Waals surface area contributed by atoms with Crippen molar-refractivity contribution < 1.29 is 9.47 Å².